The van der Waals surface area contributed by atoms with Crippen LogP contribution in [-0.4, -0.2) is 89.0 Å². The topological polar surface area (TPSA) is 212 Å². The number of likely N-dealkylation sites (tertiary alicyclic amines) is 1. The van der Waals surface area contributed by atoms with Gasteiger partial charge >= 0.3 is 24.0 Å². The highest BCUT2D eigenvalue weighted by molar-refractivity contribution is 6.23. The van der Waals surface area contributed by atoms with Crippen molar-refractivity contribution in [2.75, 3.05) is 32.2 Å². The molecule has 0 aliphatic carbocycles. The van der Waals surface area contributed by atoms with Gasteiger partial charge in [-0.2, -0.15) is 0 Å². The number of esters is 3. The van der Waals surface area contributed by atoms with Crippen molar-refractivity contribution in [3.05, 3.63) is 171 Å². The molecule has 0 aromatic heterocycles. The molecule has 6 atom stereocenters. The number of carbonyl (C=O) groups excluding carboxylic acids is 6. The molecule has 3 fully saturated rings. The van der Waals surface area contributed by atoms with Gasteiger partial charge in [-0.1, -0.05) is 104 Å². The lowest BCUT2D eigenvalue weighted by Gasteiger charge is -2.46. The molecule has 5 aromatic carbocycles. The fourth-order valence-electron chi connectivity index (χ4n) is 11.0. The van der Waals surface area contributed by atoms with Crippen LogP contribution in [-0.2, 0) is 54.9 Å². The number of nitrogens with zero attached hydrogens (tertiary/aromatic N) is 4. The number of fused-ring (bicyclic) bond motifs is 3. The summed E-state index contributed by atoms with van der Waals surface area (Å²) in [6.07, 6.45) is 1.60. The molecule has 1 spiro atoms. The number of benzene rings is 5. The number of rotatable bonds is 10. The van der Waals surface area contributed by atoms with E-state index in [0.717, 1.165) is 38.4 Å². The second kappa shape index (κ2) is 21.2. The summed E-state index contributed by atoms with van der Waals surface area (Å²) in [5.41, 5.74) is 0.258. The molecule has 3 saturated heterocycles. The Labute approximate surface area is 420 Å². The molecule has 0 unspecified atom stereocenters. The molecular weight excluding hydrogens is 937 g/mol. The lowest BCUT2D eigenvalue weighted by molar-refractivity contribution is -0.384. The number of hydrogen-bond acceptors (Lipinski definition) is 14. The molecule has 374 valence electrons. The number of morpholine rings is 1. The van der Waals surface area contributed by atoms with Crippen LogP contribution in [0.25, 0.3) is 0 Å². The second-order valence-electron chi connectivity index (χ2n) is 18.4. The van der Waals surface area contributed by atoms with Crippen LogP contribution in [0, 0.1) is 33.8 Å². The van der Waals surface area contributed by atoms with E-state index in [-0.39, 0.29) is 34.7 Å². The minimum absolute atomic E-state index is 0.0320. The minimum atomic E-state index is -2.15. The molecule has 0 radical (unpaired) electrons. The molecule has 5 aromatic rings. The zero-order valence-electron chi connectivity index (χ0n) is 40.1. The van der Waals surface area contributed by atoms with Crippen LogP contribution in [0.5, 0.6) is 5.75 Å². The smallest absolute Gasteiger partial charge is 0.421 e. The maximum absolute atomic E-state index is 16.6. The Kier molecular flexibility index (Phi) is 14.4. The van der Waals surface area contributed by atoms with Gasteiger partial charge in [0.05, 0.1) is 42.8 Å². The molecule has 1 N–H and O–H groups in total. The van der Waals surface area contributed by atoms with Crippen LogP contribution >= 0.6 is 0 Å². The third-order valence-electron chi connectivity index (χ3n) is 14.3. The summed E-state index contributed by atoms with van der Waals surface area (Å²) in [4.78, 5) is 104. The standard InChI is InChI=1S/C56H52N4O13/c1-70-51(63)42(52(64)71-2)20-14-15-35-23-30-44-43(33-35)56(54(66)58(44)55(67)72-34-36-21-26-40(27-22-36)60(68)69)45(50(62)57-31-12-4-3-5-13-32-57)47-53(65)73-48(38-18-10-7-11-19-38)46(37-16-8-6-9-17-37)59(47)49(56)39-24-28-41(61)29-25-39/h6-11,16-19,21-30,33,42,45-49,61H,3-5,12-13,20,31-32,34H2,1-2H3/t45-,46-,47-,48+,49+,56-/m0/s1. The van der Waals surface area contributed by atoms with E-state index < -0.39 is 88.8 Å². The monoisotopic (exact) mass is 988 g/mol. The number of nitro benzene ring substituents is 1. The van der Waals surface area contributed by atoms with Crippen molar-refractivity contribution in [3.8, 4) is 17.6 Å². The fraction of sp³-hybridized carbons (Fsp3) is 0.321. The number of non-ortho nitro benzene ring substituents is 1. The van der Waals surface area contributed by atoms with Crippen LogP contribution in [0.2, 0.25) is 0 Å². The zero-order valence-corrected chi connectivity index (χ0v) is 40.1. The number of aromatic hydroxyl groups is 1. The Bertz CT molecular complexity index is 2970. The summed E-state index contributed by atoms with van der Waals surface area (Å²) >= 11 is 0. The first-order valence-electron chi connectivity index (χ1n) is 24.1. The molecule has 4 aliphatic rings. The fourth-order valence-corrected chi connectivity index (χ4v) is 11.0. The SMILES string of the molecule is COC(=O)C(CC#Cc1ccc2c(c1)[C@]1(C(=O)N2C(=O)OCc2ccc([N+](=O)[O-])cc2)[C@H](C(=O)N2CCCCCCC2)[C@H]2C(=O)O[C@H](c3ccccc3)[C@H](c3ccccc3)N2[C@@H]1c1ccc(O)cc1)C(=O)OC. The van der Waals surface area contributed by atoms with Crippen molar-refractivity contribution < 1.29 is 57.7 Å². The first kappa shape index (κ1) is 49.6. The molecule has 4 heterocycles. The van der Waals surface area contributed by atoms with E-state index in [2.05, 4.69) is 11.8 Å². The van der Waals surface area contributed by atoms with E-state index in [1.54, 1.807) is 29.2 Å². The van der Waals surface area contributed by atoms with Gasteiger partial charge in [0.1, 0.15) is 29.9 Å². The lowest BCUT2D eigenvalue weighted by Crippen LogP contribution is -2.56. The first-order valence-corrected chi connectivity index (χ1v) is 24.1. The number of amides is 3. The molecule has 73 heavy (non-hydrogen) atoms. The molecule has 17 heteroatoms. The number of imide groups is 1. The van der Waals surface area contributed by atoms with Crippen molar-refractivity contribution in [1.29, 1.82) is 0 Å². The number of nitro groups is 1. The summed E-state index contributed by atoms with van der Waals surface area (Å²) in [6.45, 7) is 0.267. The van der Waals surface area contributed by atoms with E-state index in [1.807, 2.05) is 65.6 Å². The predicted octanol–water partition coefficient (Wildman–Crippen LogP) is 7.80. The Morgan fingerprint density at radius 3 is 2.01 bits per heavy atom. The Morgan fingerprint density at radius 1 is 0.781 bits per heavy atom. The lowest BCUT2D eigenvalue weighted by atomic mass is 9.64. The number of hydrogen-bond donors (Lipinski definition) is 1. The summed E-state index contributed by atoms with van der Waals surface area (Å²) in [5.74, 6) is -1.02. The van der Waals surface area contributed by atoms with Crippen molar-refractivity contribution >= 4 is 47.2 Å². The average molecular weight is 989 g/mol. The number of anilines is 1. The largest absolute Gasteiger partial charge is 0.508 e. The third kappa shape index (κ3) is 9.25. The van der Waals surface area contributed by atoms with Crippen LogP contribution in [0.4, 0.5) is 16.2 Å². The number of cyclic esters (lactones) is 1. The van der Waals surface area contributed by atoms with Gasteiger partial charge in [-0.15, -0.1) is 0 Å². The quantitative estimate of drug-likeness (QED) is 0.0353. The second-order valence-corrected chi connectivity index (χ2v) is 18.4. The van der Waals surface area contributed by atoms with Crippen LogP contribution in [0.15, 0.2) is 127 Å². The maximum Gasteiger partial charge on any atom is 0.421 e. The van der Waals surface area contributed by atoms with Gasteiger partial charge in [-0.05, 0) is 83.1 Å². The van der Waals surface area contributed by atoms with Gasteiger partial charge in [0, 0.05) is 37.2 Å². The third-order valence-corrected chi connectivity index (χ3v) is 14.3. The molecule has 0 saturated carbocycles. The highest BCUT2D eigenvalue weighted by Gasteiger charge is 2.76. The number of ether oxygens (including phenoxy) is 4. The Hall–Kier alpha value is -8.36. The van der Waals surface area contributed by atoms with Gasteiger partial charge < -0.3 is 29.0 Å². The Balaban J connectivity index is 1.30. The summed E-state index contributed by atoms with van der Waals surface area (Å²) < 4.78 is 22.2. The van der Waals surface area contributed by atoms with Gasteiger partial charge in [-0.3, -0.25) is 39.0 Å². The molecular formula is C56H52N4O13. The molecule has 3 amide bonds. The van der Waals surface area contributed by atoms with E-state index >= 15 is 14.4 Å². The van der Waals surface area contributed by atoms with E-state index in [1.165, 1.54) is 42.5 Å². The van der Waals surface area contributed by atoms with E-state index in [9.17, 15) is 29.6 Å². The normalized spacial score (nSPS) is 22.5. The molecule has 9 rings (SSSR count). The predicted molar refractivity (Wildman–Crippen MR) is 262 cm³/mol. The number of phenols is 1. The van der Waals surface area contributed by atoms with Crippen LogP contribution < -0.4 is 4.90 Å². The Morgan fingerprint density at radius 2 is 1.40 bits per heavy atom. The molecule has 4 aliphatic heterocycles. The average Bonchev–Trinajstić information content (AvgIpc) is 3.85. The first-order chi connectivity index (χ1) is 35.4. The van der Waals surface area contributed by atoms with Gasteiger partial charge in [0.15, 0.2) is 5.92 Å². The van der Waals surface area contributed by atoms with E-state index in [4.69, 9.17) is 18.9 Å². The summed E-state index contributed by atoms with van der Waals surface area (Å²) in [7, 11) is 2.27. The summed E-state index contributed by atoms with van der Waals surface area (Å²) in [5, 5.41) is 22.2. The molecule has 0 bridgehead atoms. The van der Waals surface area contributed by atoms with Crippen molar-refractivity contribution in [3.63, 3.8) is 0 Å². The van der Waals surface area contributed by atoms with Crippen LogP contribution in [0.3, 0.4) is 0 Å². The summed E-state index contributed by atoms with van der Waals surface area (Å²) in [6, 6.07) is 31.1. The van der Waals surface area contributed by atoms with Crippen molar-refractivity contribution in [2.45, 2.75) is 74.8 Å². The highest BCUT2D eigenvalue weighted by Crippen LogP contribution is 2.66. The maximum atomic E-state index is 16.6. The minimum Gasteiger partial charge on any atom is -0.508 e. The van der Waals surface area contributed by atoms with Crippen molar-refractivity contribution in [2.24, 2.45) is 11.8 Å². The van der Waals surface area contributed by atoms with E-state index in [0.29, 0.717) is 48.2 Å². The van der Waals surface area contributed by atoms with Gasteiger partial charge in [-0.25, -0.2) is 9.69 Å². The van der Waals surface area contributed by atoms with Gasteiger partial charge in [0.25, 0.3) is 5.69 Å². The number of carbonyl (C=O) groups is 6. The van der Waals surface area contributed by atoms with Crippen LogP contribution in [0.1, 0.15) is 90.1 Å². The number of phenolic OH excluding ortho intramolecular Hbond substituents is 1. The zero-order chi connectivity index (χ0) is 51.4. The number of methoxy groups -OCH3 is 2. The highest BCUT2D eigenvalue weighted by atomic mass is 16.6. The van der Waals surface area contributed by atoms with Gasteiger partial charge in [0.2, 0.25) is 11.8 Å². The van der Waals surface area contributed by atoms with Crippen molar-refractivity contribution in [1.82, 2.24) is 9.80 Å². The molecule has 17 nitrogen and oxygen atoms in total.